The van der Waals surface area contributed by atoms with Gasteiger partial charge in [-0.15, -0.1) is 0 Å². The largest absolute Gasteiger partial charge is 0.497 e. The number of amides is 1. The molecule has 0 heterocycles. The summed E-state index contributed by atoms with van der Waals surface area (Å²) in [6.07, 6.45) is 0. The van der Waals surface area contributed by atoms with Crippen LogP contribution in [0.25, 0.3) is 0 Å². The standard InChI is InChI=1S/C20H26N4O2/c1-4-22-20(23-13-15-8-10-18(26-3)11-9-15)24-14-16-6-5-7-17(12-16)19(25)21-2/h5-12H,4,13-14H2,1-3H3,(H,21,25)(H2,22,23,24). The van der Waals surface area contributed by atoms with E-state index in [0.29, 0.717) is 18.7 Å². The minimum atomic E-state index is -0.0969. The van der Waals surface area contributed by atoms with Gasteiger partial charge in [0.25, 0.3) is 5.91 Å². The van der Waals surface area contributed by atoms with Gasteiger partial charge in [-0.1, -0.05) is 24.3 Å². The van der Waals surface area contributed by atoms with Crippen LogP contribution in [0.1, 0.15) is 28.4 Å². The summed E-state index contributed by atoms with van der Waals surface area (Å²) in [5.74, 6) is 1.47. The van der Waals surface area contributed by atoms with Gasteiger partial charge < -0.3 is 20.7 Å². The van der Waals surface area contributed by atoms with E-state index in [4.69, 9.17) is 4.74 Å². The highest BCUT2D eigenvalue weighted by Crippen LogP contribution is 2.11. The molecule has 0 aliphatic heterocycles. The van der Waals surface area contributed by atoms with Crippen molar-refractivity contribution in [1.82, 2.24) is 16.0 Å². The number of carbonyl (C=O) groups excluding carboxylic acids is 1. The molecule has 0 radical (unpaired) electrons. The van der Waals surface area contributed by atoms with Gasteiger partial charge in [-0.25, -0.2) is 4.99 Å². The van der Waals surface area contributed by atoms with E-state index < -0.39 is 0 Å². The zero-order valence-corrected chi connectivity index (χ0v) is 15.5. The third-order valence-corrected chi connectivity index (χ3v) is 3.80. The fourth-order valence-corrected chi connectivity index (χ4v) is 2.40. The summed E-state index contributed by atoms with van der Waals surface area (Å²) in [4.78, 5) is 16.3. The van der Waals surface area contributed by atoms with Crippen LogP contribution in [0.3, 0.4) is 0 Å². The Morgan fingerprint density at radius 3 is 2.50 bits per heavy atom. The highest BCUT2D eigenvalue weighted by Gasteiger charge is 2.04. The SMILES string of the molecule is CCNC(=NCc1cccc(C(=O)NC)c1)NCc1ccc(OC)cc1. The van der Waals surface area contributed by atoms with E-state index in [2.05, 4.69) is 20.9 Å². The van der Waals surface area contributed by atoms with Crippen molar-refractivity contribution in [2.24, 2.45) is 4.99 Å². The fraction of sp³-hybridized carbons (Fsp3) is 0.300. The third kappa shape index (κ3) is 5.81. The predicted octanol–water partition coefficient (Wildman–Crippen LogP) is 2.31. The van der Waals surface area contributed by atoms with E-state index in [1.165, 1.54) is 0 Å². The van der Waals surface area contributed by atoms with Gasteiger partial charge in [0.05, 0.1) is 13.7 Å². The van der Waals surface area contributed by atoms with E-state index in [1.54, 1.807) is 20.2 Å². The van der Waals surface area contributed by atoms with E-state index in [0.717, 1.165) is 29.4 Å². The Bertz CT molecular complexity index is 742. The molecule has 0 unspecified atom stereocenters. The van der Waals surface area contributed by atoms with Gasteiger partial charge in [0, 0.05) is 25.7 Å². The highest BCUT2D eigenvalue weighted by molar-refractivity contribution is 5.94. The van der Waals surface area contributed by atoms with Crippen molar-refractivity contribution in [3.63, 3.8) is 0 Å². The number of benzene rings is 2. The van der Waals surface area contributed by atoms with Crippen LogP contribution < -0.4 is 20.7 Å². The lowest BCUT2D eigenvalue weighted by molar-refractivity contribution is 0.0963. The number of hydrogen-bond donors (Lipinski definition) is 3. The van der Waals surface area contributed by atoms with Gasteiger partial charge in [-0.05, 0) is 42.3 Å². The maximum atomic E-state index is 11.7. The second-order valence-corrected chi connectivity index (χ2v) is 5.68. The first-order chi connectivity index (χ1) is 12.7. The van der Waals surface area contributed by atoms with Crippen molar-refractivity contribution in [2.45, 2.75) is 20.0 Å². The highest BCUT2D eigenvalue weighted by atomic mass is 16.5. The monoisotopic (exact) mass is 354 g/mol. The maximum Gasteiger partial charge on any atom is 0.251 e. The van der Waals surface area contributed by atoms with Gasteiger partial charge in [-0.3, -0.25) is 4.79 Å². The molecule has 1 amide bonds. The van der Waals surface area contributed by atoms with E-state index >= 15 is 0 Å². The molecule has 6 heteroatoms. The van der Waals surface area contributed by atoms with Crippen LogP contribution in [0, 0.1) is 0 Å². The molecule has 2 rings (SSSR count). The van der Waals surface area contributed by atoms with E-state index in [-0.39, 0.29) is 5.91 Å². The summed E-state index contributed by atoms with van der Waals surface area (Å²) < 4.78 is 5.17. The van der Waals surface area contributed by atoms with Crippen LogP contribution >= 0.6 is 0 Å². The molecule has 2 aromatic carbocycles. The first-order valence-corrected chi connectivity index (χ1v) is 8.62. The number of rotatable bonds is 7. The normalized spacial score (nSPS) is 11.0. The molecule has 0 fully saturated rings. The summed E-state index contributed by atoms with van der Waals surface area (Å²) in [6.45, 7) is 3.94. The second kappa shape index (κ2) is 10.1. The van der Waals surface area contributed by atoms with Crippen molar-refractivity contribution in [2.75, 3.05) is 20.7 Å². The molecule has 0 saturated carbocycles. The molecule has 138 valence electrons. The first kappa shape index (κ1) is 19.3. The quantitative estimate of drug-likeness (QED) is 0.527. The van der Waals surface area contributed by atoms with Crippen molar-refractivity contribution in [1.29, 1.82) is 0 Å². The van der Waals surface area contributed by atoms with Gasteiger partial charge in [0.2, 0.25) is 0 Å². The summed E-state index contributed by atoms with van der Waals surface area (Å²) in [6, 6.07) is 15.4. The summed E-state index contributed by atoms with van der Waals surface area (Å²) in [7, 11) is 3.28. The van der Waals surface area contributed by atoms with Crippen molar-refractivity contribution in [3.05, 3.63) is 65.2 Å². The Hall–Kier alpha value is -3.02. The lowest BCUT2D eigenvalue weighted by atomic mass is 10.1. The maximum absolute atomic E-state index is 11.7. The molecule has 6 nitrogen and oxygen atoms in total. The molecule has 0 saturated heterocycles. The summed E-state index contributed by atoms with van der Waals surface area (Å²) in [5.41, 5.74) is 2.75. The molecule has 2 aromatic rings. The number of carbonyl (C=O) groups is 1. The molecule has 0 atom stereocenters. The number of ether oxygens (including phenoxy) is 1. The van der Waals surface area contributed by atoms with Gasteiger partial charge >= 0.3 is 0 Å². The van der Waals surface area contributed by atoms with E-state index in [9.17, 15) is 4.79 Å². The minimum Gasteiger partial charge on any atom is -0.497 e. The number of nitrogens with one attached hydrogen (secondary N) is 3. The van der Waals surface area contributed by atoms with Gasteiger partial charge in [0.1, 0.15) is 5.75 Å². The first-order valence-electron chi connectivity index (χ1n) is 8.62. The Morgan fingerprint density at radius 2 is 1.85 bits per heavy atom. The van der Waals surface area contributed by atoms with E-state index in [1.807, 2.05) is 49.4 Å². The number of methoxy groups -OCH3 is 1. The zero-order chi connectivity index (χ0) is 18.8. The topological polar surface area (TPSA) is 74.8 Å². The lowest BCUT2D eigenvalue weighted by Gasteiger charge is -2.12. The molecular weight excluding hydrogens is 328 g/mol. The fourth-order valence-electron chi connectivity index (χ4n) is 2.40. The van der Waals surface area contributed by atoms with Crippen LogP contribution in [-0.2, 0) is 13.1 Å². The summed E-state index contributed by atoms with van der Waals surface area (Å²) in [5, 5.41) is 9.17. The molecule has 0 aliphatic rings. The number of hydrogen-bond acceptors (Lipinski definition) is 3. The van der Waals surface area contributed by atoms with Crippen molar-refractivity contribution in [3.8, 4) is 5.75 Å². The van der Waals surface area contributed by atoms with Crippen LogP contribution in [0.2, 0.25) is 0 Å². The van der Waals surface area contributed by atoms with Crippen LogP contribution in [-0.4, -0.2) is 32.6 Å². The molecule has 0 aliphatic carbocycles. The van der Waals surface area contributed by atoms with Crippen LogP contribution in [0.5, 0.6) is 5.75 Å². The Labute approximate surface area is 154 Å². The number of guanidine groups is 1. The minimum absolute atomic E-state index is 0.0969. The molecule has 0 spiro atoms. The molecule has 0 bridgehead atoms. The van der Waals surface area contributed by atoms with Gasteiger partial charge in [0.15, 0.2) is 5.96 Å². The summed E-state index contributed by atoms with van der Waals surface area (Å²) >= 11 is 0. The zero-order valence-electron chi connectivity index (χ0n) is 15.5. The van der Waals surface area contributed by atoms with Crippen LogP contribution in [0.4, 0.5) is 0 Å². The lowest BCUT2D eigenvalue weighted by Crippen LogP contribution is -2.36. The second-order valence-electron chi connectivity index (χ2n) is 5.68. The molecule has 26 heavy (non-hydrogen) atoms. The third-order valence-electron chi connectivity index (χ3n) is 3.80. The molecule has 3 N–H and O–H groups in total. The predicted molar refractivity (Wildman–Crippen MR) is 104 cm³/mol. The van der Waals surface area contributed by atoms with Crippen LogP contribution in [0.15, 0.2) is 53.5 Å². The Balaban J connectivity index is 2.00. The number of nitrogens with zero attached hydrogens (tertiary/aromatic N) is 1. The van der Waals surface area contributed by atoms with Crippen molar-refractivity contribution < 1.29 is 9.53 Å². The number of aliphatic imine (C=N–C) groups is 1. The Kier molecular flexibility index (Phi) is 7.49. The van der Waals surface area contributed by atoms with Gasteiger partial charge in [-0.2, -0.15) is 0 Å². The Morgan fingerprint density at radius 1 is 1.08 bits per heavy atom. The van der Waals surface area contributed by atoms with Crippen molar-refractivity contribution >= 4 is 11.9 Å². The smallest absolute Gasteiger partial charge is 0.251 e. The average Bonchev–Trinajstić information content (AvgIpc) is 2.70. The molecule has 0 aromatic heterocycles. The molecular formula is C20H26N4O2. The average molecular weight is 354 g/mol.